The van der Waals surface area contributed by atoms with Crippen LogP contribution in [0.1, 0.15) is 12.8 Å². The Morgan fingerprint density at radius 3 is 2.43 bits per heavy atom. The Balaban J connectivity index is 1.53. The maximum absolute atomic E-state index is 13.2. The van der Waals surface area contributed by atoms with Gasteiger partial charge in [-0.2, -0.15) is 0 Å². The van der Waals surface area contributed by atoms with E-state index in [2.05, 4.69) is 15.9 Å². The van der Waals surface area contributed by atoms with Crippen molar-refractivity contribution < 1.29 is 4.74 Å². The first-order chi connectivity index (χ1) is 14.6. The summed E-state index contributed by atoms with van der Waals surface area (Å²) in [5.74, 6) is 1.49. The smallest absolute Gasteiger partial charge is 0.261 e. The fraction of sp³-hybridized carbons (Fsp3) is 0.167. The van der Waals surface area contributed by atoms with Crippen LogP contribution >= 0.6 is 27.5 Å². The molecule has 4 rings (SSSR count). The van der Waals surface area contributed by atoms with Gasteiger partial charge in [-0.25, -0.2) is 4.98 Å². The molecule has 4 nitrogen and oxygen atoms in total. The molecule has 4 aromatic rings. The minimum absolute atomic E-state index is 0.0284. The maximum Gasteiger partial charge on any atom is 0.261 e. The minimum atomic E-state index is -0.0284. The van der Waals surface area contributed by atoms with Crippen molar-refractivity contribution in [3.63, 3.8) is 0 Å². The van der Waals surface area contributed by atoms with Gasteiger partial charge in [-0.15, -0.1) is 0 Å². The first-order valence-electron chi connectivity index (χ1n) is 9.76. The highest BCUT2D eigenvalue weighted by Crippen LogP contribution is 2.22. The number of benzene rings is 3. The quantitative estimate of drug-likeness (QED) is 0.288. The van der Waals surface area contributed by atoms with Crippen LogP contribution in [-0.2, 0) is 6.54 Å². The van der Waals surface area contributed by atoms with Crippen molar-refractivity contribution in [3.8, 4) is 17.1 Å². The summed E-state index contributed by atoms with van der Waals surface area (Å²) < 4.78 is 8.57. The second kappa shape index (κ2) is 9.45. The van der Waals surface area contributed by atoms with Crippen LogP contribution in [0.15, 0.2) is 82.1 Å². The molecule has 0 atom stereocenters. The monoisotopic (exact) mass is 482 g/mol. The zero-order valence-corrected chi connectivity index (χ0v) is 18.6. The Hall–Kier alpha value is -2.63. The number of hydrogen-bond acceptors (Lipinski definition) is 3. The number of unbranched alkanes of at least 4 members (excludes halogenated alkanes) is 1. The SMILES string of the molecule is O=c1c2ccccc2nc(-c2ccc(Cl)cc2)n1CCCCOc1ccc(Br)cc1. The van der Waals surface area contributed by atoms with Gasteiger partial charge in [0.1, 0.15) is 11.6 Å². The van der Waals surface area contributed by atoms with Gasteiger partial charge >= 0.3 is 0 Å². The molecule has 0 bridgehead atoms. The Bertz CT molecular complexity index is 1200. The molecule has 152 valence electrons. The second-order valence-electron chi connectivity index (χ2n) is 6.93. The molecule has 0 unspecified atom stereocenters. The summed E-state index contributed by atoms with van der Waals surface area (Å²) in [5.41, 5.74) is 1.54. The van der Waals surface area contributed by atoms with Crippen LogP contribution in [0.3, 0.4) is 0 Å². The van der Waals surface area contributed by atoms with Crippen molar-refractivity contribution >= 4 is 38.4 Å². The van der Waals surface area contributed by atoms with Gasteiger partial charge < -0.3 is 4.74 Å². The highest BCUT2D eigenvalue weighted by atomic mass is 79.9. The fourth-order valence-electron chi connectivity index (χ4n) is 3.29. The Labute approximate surface area is 188 Å². The lowest BCUT2D eigenvalue weighted by atomic mass is 10.1. The number of para-hydroxylation sites is 1. The highest BCUT2D eigenvalue weighted by molar-refractivity contribution is 9.10. The standard InChI is InChI=1S/C24H20BrClN2O2/c25-18-9-13-20(14-10-18)30-16-4-3-15-28-23(17-7-11-19(26)12-8-17)27-22-6-2-1-5-21(22)24(28)29/h1-2,5-14H,3-4,15-16H2. The lowest BCUT2D eigenvalue weighted by Crippen LogP contribution is -2.24. The Morgan fingerprint density at radius 2 is 1.67 bits per heavy atom. The summed E-state index contributed by atoms with van der Waals surface area (Å²) in [6.45, 7) is 1.16. The second-order valence-corrected chi connectivity index (χ2v) is 8.28. The van der Waals surface area contributed by atoms with Gasteiger partial charge in [0.15, 0.2) is 0 Å². The molecule has 0 aliphatic carbocycles. The normalized spacial score (nSPS) is 11.0. The van der Waals surface area contributed by atoms with Crippen LogP contribution in [0, 0.1) is 0 Å². The Kier molecular flexibility index (Phi) is 6.50. The van der Waals surface area contributed by atoms with Gasteiger partial charge in [0.05, 0.1) is 17.5 Å². The lowest BCUT2D eigenvalue weighted by molar-refractivity contribution is 0.303. The van der Waals surface area contributed by atoms with Crippen LogP contribution < -0.4 is 10.3 Å². The molecule has 6 heteroatoms. The van der Waals surface area contributed by atoms with E-state index in [1.165, 1.54) is 0 Å². The first-order valence-corrected chi connectivity index (χ1v) is 10.9. The van der Waals surface area contributed by atoms with E-state index >= 15 is 0 Å². The van der Waals surface area contributed by atoms with E-state index in [0.29, 0.717) is 34.9 Å². The molecule has 1 aromatic heterocycles. The third kappa shape index (κ3) is 4.74. The van der Waals surface area contributed by atoms with Gasteiger partial charge in [0.2, 0.25) is 0 Å². The molecule has 0 aliphatic heterocycles. The molecule has 30 heavy (non-hydrogen) atoms. The molecule has 3 aromatic carbocycles. The molecule has 0 saturated carbocycles. The van der Waals surface area contributed by atoms with Crippen molar-refractivity contribution in [1.82, 2.24) is 9.55 Å². The molecule has 1 heterocycles. The van der Waals surface area contributed by atoms with E-state index in [9.17, 15) is 4.79 Å². The van der Waals surface area contributed by atoms with Crippen molar-refractivity contribution in [3.05, 3.63) is 92.6 Å². The van der Waals surface area contributed by atoms with E-state index in [1.54, 1.807) is 4.57 Å². The van der Waals surface area contributed by atoms with Crippen LogP contribution in [-0.4, -0.2) is 16.2 Å². The van der Waals surface area contributed by atoms with Gasteiger partial charge in [-0.3, -0.25) is 9.36 Å². The molecule has 0 spiro atoms. The summed E-state index contributed by atoms with van der Waals surface area (Å²) in [4.78, 5) is 17.9. The number of fused-ring (bicyclic) bond motifs is 1. The lowest BCUT2D eigenvalue weighted by Gasteiger charge is -2.14. The number of hydrogen-bond donors (Lipinski definition) is 0. The first kappa shape index (κ1) is 20.6. The van der Waals surface area contributed by atoms with Crippen LogP contribution in [0.2, 0.25) is 5.02 Å². The number of ether oxygens (including phenoxy) is 1. The number of rotatable bonds is 7. The van der Waals surface area contributed by atoms with Gasteiger partial charge in [0, 0.05) is 21.6 Å². The van der Waals surface area contributed by atoms with E-state index in [-0.39, 0.29) is 5.56 Å². The minimum Gasteiger partial charge on any atom is -0.494 e. The molecule has 0 fully saturated rings. The summed E-state index contributed by atoms with van der Waals surface area (Å²) in [6.07, 6.45) is 1.63. The molecular weight excluding hydrogens is 464 g/mol. The van der Waals surface area contributed by atoms with Crippen LogP contribution in [0.4, 0.5) is 0 Å². The number of aromatic nitrogens is 2. The summed E-state index contributed by atoms with van der Waals surface area (Å²) in [7, 11) is 0. The largest absolute Gasteiger partial charge is 0.494 e. The molecule has 0 N–H and O–H groups in total. The summed E-state index contributed by atoms with van der Waals surface area (Å²) in [5, 5.41) is 1.28. The zero-order chi connectivity index (χ0) is 20.9. The number of halogens is 2. The van der Waals surface area contributed by atoms with E-state index in [4.69, 9.17) is 21.3 Å². The third-order valence-corrected chi connectivity index (χ3v) is 5.60. The average Bonchev–Trinajstić information content (AvgIpc) is 2.76. The van der Waals surface area contributed by atoms with Gasteiger partial charge in [-0.1, -0.05) is 39.7 Å². The van der Waals surface area contributed by atoms with Crippen molar-refractivity contribution in [1.29, 1.82) is 0 Å². The molecule has 0 amide bonds. The summed E-state index contributed by atoms with van der Waals surface area (Å²) in [6, 6.07) is 22.6. The molecule has 0 aliphatic rings. The maximum atomic E-state index is 13.2. The fourth-order valence-corrected chi connectivity index (χ4v) is 3.68. The third-order valence-electron chi connectivity index (χ3n) is 4.82. The van der Waals surface area contributed by atoms with Crippen molar-refractivity contribution in [2.75, 3.05) is 6.61 Å². The predicted molar refractivity (Wildman–Crippen MR) is 125 cm³/mol. The van der Waals surface area contributed by atoms with Crippen molar-refractivity contribution in [2.45, 2.75) is 19.4 Å². The van der Waals surface area contributed by atoms with E-state index < -0.39 is 0 Å². The highest BCUT2D eigenvalue weighted by Gasteiger charge is 2.12. The summed E-state index contributed by atoms with van der Waals surface area (Å²) >= 11 is 9.45. The zero-order valence-electron chi connectivity index (χ0n) is 16.2. The number of nitrogens with zero attached hydrogens (tertiary/aromatic N) is 2. The van der Waals surface area contributed by atoms with Crippen LogP contribution in [0.25, 0.3) is 22.3 Å². The molecule has 0 radical (unpaired) electrons. The topological polar surface area (TPSA) is 44.1 Å². The van der Waals surface area contributed by atoms with E-state index in [0.717, 1.165) is 28.6 Å². The predicted octanol–water partition coefficient (Wildman–Crippen LogP) is 6.34. The van der Waals surface area contributed by atoms with Gasteiger partial charge in [0.25, 0.3) is 5.56 Å². The Morgan fingerprint density at radius 1 is 0.933 bits per heavy atom. The van der Waals surface area contributed by atoms with E-state index in [1.807, 2.05) is 72.8 Å². The molecular formula is C24H20BrClN2O2. The van der Waals surface area contributed by atoms with Crippen LogP contribution in [0.5, 0.6) is 5.75 Å². The molecule has 0 saturated heterocycles. The van der Waals surface area contributed by atoms with Gasteiger partial charge in [-0.05, 0) is 73.5 Å². The van der Waals surface area contributed by atoms with Crippen molar-refractivity contribution in [2.24, 2.45) is 0 Å². The average molecular weight is 484 g/mol.